The predicted octanol–water partition coefficient (Wildman–Crippen LogP) is 4.13. The largest absolute Gasteiger partial charge is 0.457 e. The fourth-order valence-electron chi connectivity index (χ4n) is 2.31. The third kappa shape index (κ3) is 4.69. The number of ether oxygens (including phenoxy) is 1. The number of nitrogens with two attached hydrogens (primary N) is 1. The lowest BCUT2D eigenvalue weighted by Crippen LogP contribution is -2.24. The number of rotatable bonds is 5. The van der Waals surface area contributed by atoms with Crippen molar-refractivity contribution in [3.8, 4) is 11.5 Å². The van der Waals surface area contributed by atoms with Crippen LogP contribution in [0.1, 0.15) is 15.9 Å². The standard InChI is InChI=1S/C19H15FIN3O2/c20-17-8-7-16(18(22)24-17)19(25)23-11-12-3-1-5-14(9-12)26-15-6-2-4-13(21)10-15/h1-10H,11H2,(H2,22,24)(H,23,25). The number of nitrogens with zero attached hydrogens (tertiary/aromatic N) is 1. The Kier molecular flexibility index (Phi) is 5.67. The van der Waals surface area contributed by atoms with Crippen LogP contribution in [0.25, 0.3) is 0 Å². The third-order valence-corrected chi connectivity index (χ3v) is 4.19. The molecule has 1 aromatic heterocycles. The normalized spacial score (nSPS) is 10.4. The van der Waals surface area contributed by atoms with Crippen LogP contribution in [0.3, 0.4) is 0 Å². The highest BCUT2D eigenvalue weighted by Crippen LogP contribution is 2.23. The molecule has 7 heteroatoms. The number of benzene rings is 2. The van der Waals surface area contributed by atoms with Crippen molar-refractivity contribution in [1.82, 2.24) is 10.3 Å². The molecule has 5 nitrogen and oxygen atoms in total. The number of hydrogen-bond acceptors (Lipinski definition) is 4. The second-order valence-electron chi connectivity index (χ2n) is 5.46. The first kappa shape index (κ1) is 18.1. The van der Waals surface area contributed by atoms with Crippen LogP contribution in [-0.2, 0) is 6.54 Å². The zero-order valence-corrected chi connectivity index (χ0v) is 15.7. The smallest absolute Gasteiger partial charge is 0.255 e. The van der Waals surface area contributed by atoms with E-state index in [4.69, 9.17) is 10.5 Å². The van der Waals surface area contributed by atoms with Crippen LogP contribution >= 0.6 is 22.6 Å². The molecule has 3 aromatic rings. The molecule has 2 aromatic carbocycles. The maximum atomic E-state index is 13.0. The van der Waals surface area contributed by atoms with Gasteiger partial charge in [0.2, 0.25) is 5.95 Å². The van der Waals surface area contributed by atoms with Gasteiger partial charge in [0.15, 0.2) is 0 Å². The molecule has 1 heterocycles. The molecule has 3 rings (SSSR count). The summed E-state index contributed by atoms with van der Waals surface area (Å²) in [6, 6.07) is 17.5. The molecule has 0 saturated carbocycles. The fourth-order valence-corrected chi connectivity index (χ4v) is 2.82. The summed E-state index contributed by atoms with van der Waals surface area (Å²) < 4.78 is 19.9. The SMILES string of the molecule is Nc1nc(F)ccc1C(=O)NCc1cccc(Oc2cccc(I)c2)c1. The van der Waals surface area contributed by atoms with E-state index in [1.807, 2.05) is 48.5 Å². The summed E-state index contributed by atoms with van der Waals surface area (Å²) >= 11 is 2.22. The number of hydrogen-bond donors (Lipinski definition) is 2. The molecule has 0 saturated heterocycles. The molecule has 0 atom stereocenters. The molecule has 0 unspecified atom stereocenters. The molecule has 3 N–H and O–H groups in total. The Morgan fingerprint density at radius 2 is 1.85 bits per heavy atom. The summed E-state index contributed by atoms with van der Waals surface area (Å²) in [5, 5.41) is 2.74. The van der Waals surface area contributed by atoms with Crippen molar-refractivity contribution in [2.75, 3.05) is 5.73 Å². The van der Waals surface area contributed by atoms with Crippen molar-refractivity contribution in [1.29, 1.82) is 0 Å². The fraction of sp³-hybridized carbons (Fsp3) is 0.0526. The Bertz CT molecular complexity index is 950. The van der Waals surface area contributed by atoms with E-state index in [2.05, 4.69) is 32.9 Å². The van der Waals surface area contributed by atoms with Gasteiger partial charge in [-0.1, -0.05) is 18.2 Å². The van der Waals surface area contributed by atoms with E-state index in [1.165, 1.54) is 6.07 Å². The van der Waals surface area contributed by atoms with Gasteiger partial charge >= 0.3 is 0 Å². The van der Waals surface area contributed by atoms with Crippen LogP contribution < -0.4 is 15.8 Å². The molecular weight excluding hydrogens is 448 g/mol. The van der Waals surface area contributed by atoms with Crippen LogP contribution in [0.4, 0.5) is 10.2 Å². The highest BCUT2D eigenvalue weighted by Gasteiger charge is 2.11. The summed E-state index contributed by atoms with van der Waals surface area (Å²) in [7, 11) is 0. The molecule has 0 fully saturated rings. The topological polar surface area (TPSA) is 77.2 Å². The van der Waals surface area contributed by atoms with Crippen LogP contribution in [-0.4, -0.2) is 10.9 Å². The average molecular weight is 463 g/mol. The van der Waals surface area contributed by atoms with Crippen molar-refractivity contribution in [3.63, 3.8) is 0 Å². The number of nitrogen functional groups attached to an aromatic ring is 1. The number of anilines is 1. The molecule has 0 aliphatic carbocycles. The molecular formula is C19H15FIN3O2. The van der Waals surface area contributed by atoms with Crippen LogP contribution in [0.5, 0.6) is 11.5 Å². The van der Waals surface area contributed by atoms with Gasteiger partial charge in [-0.2, -0.15) is 4.39 Å². The minimum absolute atomic E-state index is 0.137. The average Bonchev–Trinajstić information content (AvgIpc) is 2.60. The van der Waals surface area contributed by atoms with Crippen molar-refractivity contribution in [2.24, 2.45) is 0 Å². The molecule has 132 valence electrons. The Balaban J connectivity index is 1.66. The van der Waals surface area contributed by atoms with Gasteiger partial charge in [0.1, 0.15) is 17.3 Å². The van der Waals surface area contributed by atoms with Crippen molar-refractivity contribution >= 4 is 34.3 Å². The van der Waals surface area contributed by atoms with Crippen LogP contribution in [0, 0.1) is 9.52 Å². The van der Waals surface area contributed by atoms with E-state index in [9.17, 15) is 9.18 Å². The van der Waals surface area contributed by atoms with Crippen molar-refractivity contribution < 1.29 is 13.9 Å². The van der Waals surface area contributed by atoms with Gasteiger partial charge in [0, 0.05) is 10.1 Å². The van der Waals surface area contributed by atoms with E-state index in [-0.39, 0.29) is 17.9 Å². The first-order valence-corrected chi connectivity index (χ1v) is 8.82. The Morgan fingerprint density at radius 1 is 1.12 bits per heavy atom. The predicted molar refractivity (Wildman–Crippen MR) is 105 cm³/mol. The maximum absolute atomic E-state index is 13.0. The summed E-state index contributed by atoms with van der Waals surface area (Å²) in [4.78, 5) is 15.6. The second-order valence-corrected chi connectivity index (χ2v) is 6.70. The van der Waals surface area contributed by atoms with Gasteiger partial charge in [-0.25, -0.2) is 4.98 Å². The van der Waals surface area contributed by atoms with Crippen molar-refractivity contribution in [3.05, 3.63) is 81.3 Å². The molecule has 0 aliphatic rings. The monoisotopic (exact) mass is 463 g/mol. The number of carbonyl (C=O) groups is 1. The van der Waals surface area contributed by atoms with E-state index in [0.29, 0.717) is 5.75 Å². The molecule has 1 amide bonds. The Hall–Kier alpha value is -2.68. The number of halogens is 2. The lowest BCUT2D eigenvalue weighted by Gasteiger charge is -2.10. The Labute approximate surface area is 163 Å². The van der Waals surface area contributed by atoms with Gasteiger partial charge in [0.25, 0.3) is 5.91 Å². The van der Waals surface area contributed by atoms with Crippen molar-refractivity contribution in [2.45, 2.75) is 6.54 Å². The van der Waals surface area contributed by atoms with E-state index >= 15 is 0 Å². The van der Waals surface area contributed by atoms with E-state index in [1.54, 1.807) is 0 Å². The minimum Gasteiger partial charge on any atom is -0.457 e. The maximum Gasteiger partial charge on any atom is 0.255 e. The van der Waals surface area contributed by atoms with Gasteiger partial charge in [-0.3, -0.25) is 4.79 Å². The number of aromatic nitrogens is 1. The van der Waals surface area contributed by atoms with E-state index in [0.717, 1.165) is 20.9 Å². The molecule has 0 aliphatic heterocycles. The number of amides is 1. The minimum atomic E-state index is -0.723. The highest BCUT2D eigenvalue weighted by molar-refractivity contribution is 14.1. The number of nitrogens with one attached hydrogen (secondary N) is 1. The van der Waals surface area contributed by atoms with E-state index < -0.39 is 11.9 Å². The second kappa shape index (κ2) is 8.13. The molecule has 0 radical (unpaired) electrons. The number of pyridine rings is 1. The summed E-state index contributed by atoms with van der Waals surface area (Å²) in [5.41, 5.74) is 6.57. The first-order valence-electron chi connectivity index (χ1n) is 7.74. The van der Waals surface area contributed by atoms with Crippen LogP contribution in [0.2, 0.25) is 0 Å². The van der Waals surface area contributed by atoms with Gasteiger partial charge in [-0.15, -0.1) is 0 Å². The van der Waals surface area contributed by atoms with Gasteiger partial charge in [-0.05, 0) is 70.6 Å². The quantitative estimate of drug-likeness (QED) is 0.441. The molecule has 0 bridgehead atoms. The highest BCUT2D eigenvalue weighted by atomic mass is 127. The zero-order chi connectivity index (χ0) is 18.5. The third-order valence-electron chi connectivity index (χ3n) is 3.52. The lowest BCUT2D eigenvalue weighted by molar-refractivity contribution is 0.0951. The Morgan fingerprint density at radius 3 is 2.58 bits per heavy atom. The summed E-state index contributed by atoms with van der Waals surface area (Å²) in [6.07, 6.45) is 0. The molecule has 0 spiro atoms. The number of carbonyl (C=O) groups excluding carboxylic acids is 1. The van der Waals surface area contributed by atoms with Gasteiger partial charge in [0.05, 0.1) is 5.56 Å². The lowest BCUT2D eigenvalue weighted by atomic mass is 10.2. The zero-order valence-electron chi connectivity index (χ0n) is 13.6. The van der Waals surface area contributed by atoms with Gasteiger partial charge < -0.3 is 15.8 Å². The first-order chi connectivity index (χ1) is 12.5. The molecule has 26 heavy (non-hydrogen) atoms. The van der Waals surface area contributed by atoms with Crippen LogP contribution in [0.15, 0.2) is 60.7 Å². The summed E-state index contributed by atoms with van der Waals surface area (Å²) in [5.74, 6) is 0.127. The summed E-state index contributed by atoms with van der Waals surface area (Å²) in [6.45, 7) is 0.277.